The molecule has 0 aliphatic heterocycles. The molecule has 0 spiro atoms. The van der Waals surface area contributed by atoms with Crippen LogP contribution in [0.3, 0.4) is 0 Å². The highest BCUT2D eigenvalue weighted by molar-refractivity contribution is 9.10. The highest BCUT2D eigenvalue weighted by Crippen LogP contribution is 2.36. The van der Waals surface area contributed by atoms with Crippen molar-refractivity contribution >= 4 is 55.6 Å². The average molecular weight is 705 g/mol. The van der Waals surface area contributed by atoms with Gasteiger partial charge in [-0.2, -0.15) is 24.9 Å². The van der Waals surface area contributed by atoms with E-state index in [4.69, 9.17) is 9.15 Å². The van der Waals surface area contributed by atoms with Gasteiger partial charge in [0.2, 0.25) is 0 Å². The van der Waals surface area contributed by atoms with E-state index in [1.165, 1.54) is 31.0 Å². The van der Waals surface area contributed by atoms with Gasteiger partial charge in [-0.05, 0) is 46.0 Å². The van der Waals surface area contributed by atoms with E-state index in [0.29, 0.717) is 17.1 Å². The van der Waals surface area contributed by atoms with E-state index in [9.17, 15) is 18.0 Å². The lowest BCUT2D eigenvalue weighted by atomic mass is 9.98. The van der Waals surface area contributed by atoms with Gasteiger partial charge in [-0.15, -0.1) is 0 Å². The fourth-order valence-electron chi connectivity index (χ4n) is 5.32. The van der Waals surface area contributed by atoms with Crippen LogP contribution in [-0.2, 0) is 28.0 Å². The topological polar surface area (TPSA) is 51.5 Å². The molecule has 9 heteroatoms. The van der Waals surface area contributed by atoms with E-state index in [-0.39, 0.29) is 6.54 Å². The summed E-state index contributed by atoms with van der Waals surface area (Å²) in [6.45, 7) is 0.181. The van der Waals surface area contributed by atoms with Gasteiger partial charge in [-0.3, -0.25) is 5.32 Å². The Hall–Kier alpha value is -4.05. The summed E-state index contributed by atoms with van der Waals surface area (Å²) in [5.74, 6) is 0.469. The lowest BCUT2D eigenvalue weighted by molar-refractivity contribution is -0.143. The van der Waals surface area contributed by atoms with Crippen molar-refractivity contribution in [3.05, 3.63) is 132 Å². The Balaban J connectivity index is 1.08. The van der Waals surface area contributed by atoms with Gasteiger partial charge >= 0.3 is 12.1 Å². The molecule has 0 aliphatic carbocycles. The molecule has 0 bridgehead atoms. The zero-order valence-electron chi connectivity index (χ0n) is 24.7. The van der Waals surface area contributed by atoms with E-state index >= 15 is 0 Å². The summed E-state index contributed by atoms with van der Waals surface area (Å²) in [4.78, 5) is 12.6. The van der Waals surface area contributed by atoms with Crippen LogP contribution in [0.1, 0.15) is 16.7 Å². The Morgan fingerprint density at radius 1 is 0.783 bits per heavy atom. The molecule has 5 aromatic carbocycles. The van der Waals surface area contributed by atoms with Crippen LogP contribution >= 0.6 is 27.7 Å². The second-order valence-electron chi connectivity index (χ2n) is 10.9. The van der Waals surface area contributed by atoms with Crippen molar-refractivity contribution in [3.63, 3.8) is 0 Å². The number of halogens is 4. The Labute approximate surface area is 277 Å². The third-order valence-corrected chi connectivity index (χ3v) is 10.3. The molecule has 46 heavy (non-hydrogen) atoms. The van der Waals surface area contributed by atoms with Crippen molar-refractivity contribution in [2.24, 2.45) is 0 Å². The number of thioether (sulfide) groups is 1. The van der Waals surface area contributed by atoms with Crippen LogP contribution in [0.4, 0.5) is 13.2 Å². The van der Waals surface area contributed by atoms with E-state index in [1.807, 2.05) is 18.2 Å². The second kappa shape index (κ2) is 13.4. The zero-order valence-corrected chi connectivity index (χ0v) is 27.1. The maximum atomic E-state index is 12.9. The van der Waals surface area contributed by atoms with Crippen molar-refractivity contribution in [2.75, 3.05) is 12.9 Å². The van der Waals surface area contributed by atoms with Crippen LogP contribution in [-0.4, -0.2) is 23.3 Å². The molecule has 1 aromatic heterocycles. The number of carbonyl (C=O) groups excluding carboxylic acids is 1. The summed E-state index contributed by atoms with van der Waals surface area (Å²) in [5, 5.41) is 5.31. The number of alkyl halides is 4. The molecule has 6 rings (SSSR count). The number of hydrogen-bond donors (Lipinski definition) is 1. The average Bonchev–Trinajstić information content (AvgIpc) is 3.46. The van der Waals surface area contributed by atoms with Crippen LogP contribution in [0.5, 0.6) is 0 Å². The minimum atomic E-state index is -4.40. The smallest absolute Gasteiger partial charge is 0.416 e. The predicted octanol–water partition coefficient (Wildman–Crippen LogP) is 10.2. The number of nitrogens with one attached hydrogen (secondary N) is 1. The lowest BCUT2D eigenvalue weighted by Gasteiger charge is -2.26. The lowest BCUT2D eigenvalue weighted by Crippen LogP contribution is -2.49. The van der Waals surface area contributed by atoms with Gasteiger partial charge in [0.1, 0.15) is 11.2 Å². The number of methoxy groups -OCH3 is 1. The number of hydrogen-bond acceptors (Lipinski definition) is 5. The minimum Gasteiger partial charge on any atom is -0.467 e. The Kier molecular flexibility index (Phi) is 9.27. The predicted molar refractivity (Wildman–Crippen MR) is 183 cm³/mol. The van der Waals surface area contributed by atoms with Gasteiger partial charge in [0.05, 0.1) is 12.7 Å². The Morgan fingerprint density at radius 2 is 1.39 bits per heavy atom. The quantitative estimate of drug-likeness (QED) is 0.0874. The van der Waals surface area contributed by atoms with Gasteiger partial charge in [0.25, 0.3) is 0 Å². The highest BCUT2D eigenvalue weighted by atomic mass is 79.9. The highest BCUT2D eigenvalue weighted by Gasteiger charge is 2.36. The van der Waals surface area contributed by atoms with Gasteiger partial charge in [0, 0.05) is 34.4 Å². The Bertz CT molecular complexity index is 1970. The molecular formula is C37H29BrF3NO3S. The van der Waals surface area contributed by atoms with Crippen molar-refractivity contribution < 1.29 is 27.1 Å². The fourth-order valence-corrected chi connectivity index (χ4v) is 7.14. The van der Waals surface area contributed by atoms with Crippen LogP contribution < -0.4 is 5.32 Å². The number of ether oxygens (including phenoxy) is 1. The molecular weight excluding hydrogens is 675 g/mol. The van der Waals surface area contributed by atoms with Crippen LogP contribution in [0.15, 0.2) is 120 Å². The number of fused-ring (bicyclic) bond motifs is 3. The molecule has 1 N–H and O–H groups in total. The first-order chi connectivity index (χ1) is 22.1. The number of carbonyl (C=O) groups is 1. The standard InChI is InChI=1S/C37H29BrF3NO3S/c1-44-35(43)36(38,42-21-24-11-19-29(20-12-24)37(39,40)41)23-46-22-25-9-13-26(14-10-25)27-15-17-28(18-16-27)30-6-4-7-32-31-5-2-3-8-33(31)45-34(30)32/h2-20,42H,21-23H2,1H3. The molecule has 0 amide bonds. The molecule has 4 nitrogen and oxygen atoms in total. The number of para-hydroxylation sites is 2. The summed E-state index contributed by atoms with van der Waals surface area (Å²) >= 11 is 5.02. The SMILES string of the molecule is COC(=O)C(Br)(CSCc1ccc(-c2ccc(-c3cccc4c3oc3ccccc34)cc2)cc1)NCc1ccc(C(F)(F)F)cc1. The van der Waals surface area contributed by atoms with Gasteiger partial charge in [0.15, 0.2) is 4.45 Å². The molecule has 1 atom stereocenters. The van der Waals surface area contributed by atoms with Crippen LogP contribution in [0, 0.1) is 0 Å². The summed E-state index contributed by atoms with van der Waals surface area (Å²) in [6.07, 6.45) is -4.40. The molecule has 1 unspecified atom stereocenters. The summed E-state index contributed by atoms with van der Waals surface area (Å²) < 4.78 is 48.7. The van der Waals surface area contributed by atoms with E-state index in [0.717, 1.165) is 61.9 Å². The summed E-state index contributed by atoms with van der Waals surface area (Å²) in [7, 11) is 1.30. The molecule has 0 saturated heterocycles. The van der Waals surface area contributed by atoms with E-state index in [2.05, 4.69) is 94.0 Å². The third-order valence-electron chi connectivity index (χ3n) is 7.82. The maximum Gasteiger partial charge on any atom is 0.416 e. The van der Waals surface area contributed by atoms with Crippen LogP contribution in [0.25, 0.3) is 44.2 Å². The second-order valence-corrected chi connectivity index (χ2v) is 13.2. The largest absolute Gasteiger partial charge is 0.467 e. The van der Waals surface area contributed by atoms with Crippen LogP contribution in [0.2, 0.25) is 0 Å². The molecule has 234 valence electrons. The first kappa shape index (κ1) is 31.9. The van der Waals surface area contributed by atoms with Gasteiger partial charge in [-0.1, -0.05) is 113 Å². The molecule has 6 aromatic rings. The molecule has 1 heterocycles. The summed E-state index contributed by atoms with van der Waals surface area (Å²) in [6, 6.07) is 35.9. The number of rotatable bonds is 10. The normalized spacial score (nSPS) is 13.2. The van der Waals surface area contributed by atoms with Gasteiger partial charge < -0.3 is 9.15 Å². The van der Waals surface area contributed by atoms with Crippen molar-refractivity contribution in [1.82, 2.24) is 5.32 Å². The number of benzene rings is 5. The summed E-state index contributed by atoms with van der Waals surface area (Å²) in [5.41, 5.74) is 7.06. The number of furan rings is 1. The Morgan fingerprint density at radius 3 is 2.07 bits per heavy atom. The number of esters is 1. The maximum absolute atomic E-state index is 12.9. The zero-order chi connectivity index (χ0) is 32.3. The fraction of sp³-hybridized carbons (Fsp3) is 0.162. The first-order valence-corrected chi connectivity index (χ1v) is 16.5. The van der Waals surface area contributed by atoms with Crippen molar-refractivity contribution in [2.45, 2.75) is 22.9 Å². The molecule has 0 radical (unpaired) electrons. The van der Waals surface area contributed by atoms with Crippen molar-refractivity contribution in [1.29, 1.82) is 0 Å². The molecule has 0 fully saturated rings. The van der Waals surface area contributed by atoms with E-state index in [1.54, 1.807) is 0 Å². The first-order valence-electron chi connectivity index (χ1n) is 14.5. The molecule has 0 saturated carbocycles. The monoisotopic (exact) mass is 703 g/mol. The third kappa shape index (κ3) is 6.87. The van der Waals surface area contributed by atoms with Crippen molar-refractivity contribution in [3.8, 4) is 22.3 Å². The minimum absolute atomic E-state index is 0.181. The van der Waals surface area contributed by atoms with E-state index < -0.39 is 22.2 Å². The van der Waals surface area contributed by atoms with Gasteiger partial charge in [-0.25, -0.2) is 4.79 Å². The molecule has 0 aliphatic rings.